The van der Waals surface area contributed by atoms with Gasteiger partial charge in [-0.3, -0.25) is 0 Å². The maximum Gasteiger partial charge on any atom is 0.140 e. The number of hydrogen-bond acceptors (Lipinski definition) is 5. The summed E-state index contributed by atoms with van der Waals surface area (Å²) in [6, 6.07) is 6.32. The normalized spacial score (nSPS) is 20.7. The number of imidazole rings is 1. The molecule has 1 aliphatic rings. The number of aromatic nitrogens is 4. The smallest absolute Gasteiger partial charge is 0.140 e. The Morgan fingerprint density at radius 2 is 2.20 bits per heavy atom. The predicted octanol–water partition coefficient (Wildman–Crippen LogP) is 3.49. The zero-order valence-corrected chi connectivity index (χ0v) is 14.6. The van der Waals surface area contributed by atoms with Gasteiger partial charge in [0.2, 0.25) is 0 Å². The van der Waals surface area contributed by atoms with Gasteiger partial charge in [-0.1, -0.05) is 12.1 Å². The summed E-state index contributed by atoms with van der Waals surface area (Å²) in [6.07, 6.45) is 7.47. The highest BCUT2D eigenvalue weighted by Crippen LogP contribution is 2.31. The summed E-state index contributed by atoms with van der Waals surface area (Å²) >= 11 is 0. The molecule has 1 saturated heterocycles. The zero-order chi connectivity index (χ0) is 17.2. The minimum absolute atomic E-state index is 0.0708. The zero-order valence-electron chi connectivity index (χ0n) is 14.6. The minimum Gasteiger partial charge on any atom is -0.368 e. The Kier molecular flexibility index (Phi) is 4.36. The van der Waals surface area contributed by atoms with E-state index in [1.54, 1.807) is 6.33 Å². The van der Waals surface area contributed by atoms with E-state index in [1.165, 1.54) is 0 Å². The highest BCUT2D eigenvalue weighted by molar-refractivity contribution is 5.90. The van der Waals surface area contributed by atoms with Crippen LogP contribution in [0.25, 0.3) is 10.9 Å². The van der Waals surface area contributed by atoms with Crippen molar-refractivity contribution in [1.29, 1.82) is 0 Å². The number of nitrogens with zero attached hydrogens (tertiary/aromatic N) is 4. The van der Waals surface area contributed by atoms with Crippen LogP contribution in [0.5, 0.6) is 0 Å². The van der Waals surface area contributed by atoms with E-state index in [2.05, 4.69) is 50.8 Å². The fraction of sp³-hybridized carbons (Fsp3) is 0.421. The molecule has 1 aromatic carbocycles. The van der Waals surface area contributed by atoms with Crippen molar-refractivity contribution in [2.75, 3.05) is 11.9 Å². The molecule has 4 rings (SSSR count). The second-order valence-electron chi connectivity index (χ2n) is 6.45. The van der Waals surface area contributed by atoms with Crippen LogP contribution < -0.4 is 5.32 Å². The van der Waals surface area contributed by atoms with Crippen LogP contribution >= 0.6 is 0 Å². The van der Waals surface area contributed by atoms with E-state index in [1.807, 2.05) is 18.5 Å². The van der Waals surface area contributed by atoms with Crippen LogP contribution in [0.3, 0.4) is 0 Å². The molecule has 2 aromatic heterocycles. The summed E-state index contributed by atoms with van der Waals surface area (Å²) in [5, 5.41) is 4.66. The summed E-state index contributed by atoms with van der Waals surface area (Å²) in [5.41, 5.74) is 2.14. The van der Waals surface area contributed by atoms with Crippen molar-refractivity contribution in [3.8, 4) is 0 Å². The lowest BCUT2D eigenvalue weighted by atomic mass is 10.0. The number of benzene rings is 1. The van der Waals surface area contributed by atoms with Gasteiger partial charge in [0.05, 0.1) is 11.6 Å². The second-order valence-corrected chi connectivity index (χ2v) is 6.45. The molecule has 130 valence electrons. The topological polar surface area (TPSA) is 64.9 Å². The average Bonchev–Trinajstić information content (AvgIpc) is 3.12. The average molecular weight is 337 g/mol. The highest BCUT2D eigenvalue weighted by atomic mass is 16.5. The molecule has 0 saturated carbocycles. The van der Waals surface area contributed by atoms with Gasteiger partial charge in [-0.25, -0.2) is 15.0 Å². The summed E-state index contributed by atoms with van der Waals surface area (Å²) < 4.78 is 8.24. The Morgan fingerprint density at radius 1 is 1.28 bits per heavy atom. The lowest BCUT2D eigenvalue weighted by molar-refractivity contribution is -0.00174. The van der Waals surface area contributed by atoms with Gasteiger partial charge in [-0.15, -0.1) is 0 Å². The van der Waals surface area contributed by atoms with Crippen molar-refractivity contribution < 1.29 is 4.74 Å². The van der Waals surface area contributed by atoms with Crippen LogP contribution in [-0.2, 0) is 11.3 Å². The van der Waals surface area contributed by atoms with Crippen LogP contribution in [0.4, 0.5) is 5.82 Å². The first-order valence-corrected chi connectivity index (χ1v) is 8.87. The van der Waals surface area contributed by atoms with E-state index < -0.39 is 0 Å². The molecular formula is C19H23N5O. The molecule has 0 unspecified atom stereocenters. The van der Waals surface area contributed by atoms with Gasteiger partial charge in [0, 0.05) is 30.9 Å². The lowest BCUT2D eigenvalue weighted by Gasteiger charge is -2.32. The van der Waals surface area contributed by atoms with Gasteiger partial charge in [-0.2, -0.15) is 0 Å². The van der Waals surface area contributed by atoms with E-state index in [0.29, 0.717) is 0 Å². The monoisotopic (exact) mass is 337 g/mol. The standard InChI is InChI=1S/C19H23N5O/c1-3-24-10-9-20-19(24)17-15(8-5-11-25-17)23-18-14-7-4-6-13(2)16(14)21-12-22-18/h4,6-7,9-10,12,15,17H,3,5,8,11H2,1-2H3,(H,21,22,23)/t15-,17-/m0/s1. The van der Waals surface area contributed by atoms with Crippen LogP contribution in [0.15, 0.2) is 36.9 Å². The Hall–Kier alpha value is -2.47. The van der Waals surface area contributed by atoms with Crippen molar-refractivity contribution in [3.63, 3.8) is 0 Å². The molecule has 3 aromatic rings. The molecule has 0 amide bonds. The van der Waals surface area contributed by atoms with Gasteiger partial charge >= 0.3 is 0 Å². The van der Waals surface area contributed by atoms with E-state index in [9.17, 15) is 0 Å². The third-order valence-corrected chi connectivity index (χ3v) is 4.85. The molecule has 6 heteroatoms. The maximum absolute atomic E-state index is 6.10. The number of fused-ring (bicyclic) bond motifs is 1. The Balaban J connectivity index is 1.68. The Morgan fingerprint density at radius 3 is 3.08 bits per heavy atom. The fourth-order valence-corrected chi connectivity index (χ4v) is 3.55. The Labute approximate surface area is 147 Å². The number of rotatable bonds is 4. The van der Waals surface area contributed by atoms with E-state index in [-0.39, 0.29) is 12.1 Å². The van der Waals surface area contributed by atoms with Crippen molar-refractivity contribution in [3.05, 3.63) is 48.3 Å². The Bertz CT molecular complexity index is 875. The van der Waals surface area contributed by atoms with Crippen LogP contribution in [0.1, 0.15) is 37.3 Å². The summed E-state index contributed by atoms with van der Waals surface area (Å²) in [6.45, 7) is 5.85. The molecule has 6 nitrogen and oxygen atoms in total. The van der Waals surface area contributed by atoms with Crippen LogP contribution in [0, 0.1) is 6.92 Å². The highest BCUT2D eigenvalue weighted by Gasteiger charge is 2.31. The van der Waals surface area contributed by atoms with Crippen molar-refractivity contribution >= 4 is 16.7 Å². The van der Waals surface area contributed by atoms with Crippen molar-refractivity contribution in [2.45, 2.75) is 45.4 Å². The number of ether oxygens (including phenoxy) is 1. The van der Waals surface area contributed by atoms with Crippen LogP contribution in [0.2, 0.25) is 0 Å². The number of para-hydroxylation sites is 1. The molecule has 1 aliphatic heterocycles. The van der Waals surface area contributed by atoms with E-state index in [4.69, 9.17) is 4.74 Å². The molecule has 0 bridgehead atoms. The molecule has 1 N–H and O–H groups in total. The third kappa shape index (κ3) is 2.98. The largest absolute Gasteiger partial charge is 0.368 e. The first kappa shape index (κ1) is 16.0. The predicted molar refractivity (Wildman–Crippen MR) is 97.5 cm³/mol. The molecule has 0 aliphatic carbocycles. The summed E-state index contributed by atoms with van der Waals surface area (Å²) in [7, 11) is 0. The van der Waals surface area contributed by atoms with Gasteiger partial charge in [0.1, 0.15) is 24.1 Å². The van der Waals surface area contributed by atoms with Crippen molar-refractivity contribution in [1.82, 2.24) is 19.5 Å². The maximum atomic E-state index is 6.10. The molecule has 25 heavy (non-hydrogen) atoms. The number of hydrogen-bond donors (Lipinski definition) is 1. The number of anilines is 1. The molecular weight excluding hydrogens is 314 g/mol. The van der Waals surface area contributed by atoms with Gasteiger partial charge < -0.3 is 14.6 Å². The first-order chi connectivity index (χ1) is 12.3. The number of nitrogens with one attached hydrogen (secondary N) is 1. The minimum atomic E-state index is -0.0708. The molecule has 0 spiro atoms. The van der Waals surface area contributed by atoms with Crippen LogP contribution in [-0.4, -0.2) is 32.2 Å². The van der Waals surface area contributed by atoms with Gasteiger partial charge in [0.25, 0.3) is 0 Å². The summed E-state index contributed by atoms with van der Waals surface area (Å²) in [5.74, 6) is 1.85. The number of aryl methyl sites for hydroxylation is 2. The quantitative estimate of drug-likeness (QED) is 0.789. The SMILES string of the molecule is CCn1ccnc1[C@H]1OCCC[C@@H]1Nc1ncnc2c(C)cccc12. The molecule has 0 radical (unpaired) electrons. The second kappa shape index (κ2) is 6.80. The fourth-order valence-electron chi connectivity index (χ4n) is 3.55. The molecule has 3 heterocycles. The lowest BCUT2D eigenvalue weighted by Crippen LogP contribution is -2.35. The molecule has 1 fully saturated rings. The van der Waals surface area contributed by atoms with Gasteiger partial charge in [0.15, 0.2) is 0 Å². The van der Waals surface area contributed by atoms with E-state index in [0.717, 1.165) is 54.1 Å². The van der Waals surface area contributed by atoms with Crippen molar-refractivity contribution in [2.24, 2.45) is 0 Å². The van der Waals surface area contributed by atoms with Gasteiger partial charge in [-0.05, 0) is 38.3 Å². The third-order valence-electron chi connectivity index (χ3n) is 4.85. The van der Waals surface area contributed by atoms with E-state index >= 15 is 0 Å². The first-order valence-electron chi connectivity index (χ1n) is 8.87. The molecule has 2 atom stereocenters. The summed E-state index contributed by atoms with van der Waals surface area (Å²) in [4.78, 5) is 13.5.